The fourth-order valence-corrected chi connectivity index (χ4v) is 14.7. The lowest BCUT2D eigenvalue weighted by Gasteiger charge is -2.63. The molecule has 13 heteroatoms. The lowest BCUT2D eigenvalue weighted by atomic mass is 9.47. The molecule has 11 atom stereocenters. The highest BCUT2D eigenvalue weighted by molar-refractivity contribution is 5.94. The summed E-state index contributed by atoms with van der Waals surface area (Å²) in [6.07, 6.45) is 6.13. The molecular formula is C46H54N4O9. The molecule has 1 aliphatic carbocycles. The van der Waals surface area contributed by atoms with Gasteiger partial charge in [0, 0.05) is 90.3 Å². The van der Waals surface area contributed by atoms with Crippen LogP contribution < -0.4 is 9.64 Å². The van der Waals surface area contributed by atoms with Crippen LogP contribution in [0.3, 0.4) is 0 Å². The van der Waals surface area contributed by atoms with E-state index in [9.17, 15) is 14.7 Å². The van der Waals surface area contributed by atoms with Gasteiger partial charge >= 0.3 is 17.9 Å². The zero-order chi connectivity index (χ0) is 41.2. The first kappa shape index (κ1) is 37.6. The zero-order valence-electron chi connectivity index (χ0n) is 34.9. The van der Waals surface area contributed by atoms with Crippen LogP contribution in [0.2, 0.25) is 0 Å². The number of carbonyl (C=O) groups is 3. The maximum absolute atomic E-state index is 15.4. The average Bonchev–Trinajstić information content (AvgIpc) is 3.59. The van der Waals surface area contributed by atoms with Crippen LogP contribution in [0, 0.1) is 11.3 Å². The van der Waals surface area contributed by atoms with E-state index >= 15 is 4.79 Å². The Bertz CT molecular complexity index is 2400. The molecule has 3 aromatic rings. The number of nitrogens with zero attached hydrogens (tertiary/aromatic N) is 4. The third-order valence-electron chi connectivity index (χ3n) is 16.6. The highest BCUT2D eigenvalue weighted by atomic mass is 16.6. The number of rotatable bonds is 7. The summed E-state index contributed by atoms with van der Waals surface area (Å²) in [4.78, 5) is 49.8. The maximum atomic E-state index is 15.4. The van der Waals surface area contributed by atoms with Gasteiger partial charge in [0.2, 0.25) is 5.60 Å². The van der Waals surface area contributed by atoms with Crippen LogP contribution in [0.5, 0.6) is 5.75 Å². The summed E-state index contributed by atoms with van der Waals surface area (Å²) in [6.45, 7) is 8.69. The molecule has 312 valence electrons. The van der Waals surface area contributed by atoms with E-state index < -0.39 is 46.1 Å². The monoisotopic (exact) mass is 806 g/mol. The molecule has 0 amide bonds. The van der Waals surface area contributed by atoms with Gasteiger partial charge in [0.05, 0.1) is 39.5 Å². The topological polar surface area (TPSA) is 136 Å². The SMILES string of the molecule is CC[C@]12CN3CCc4c5n(c6ccccc46)[C@](C(=O)OC)(c4cc6c(cc4OC)N(C)[C@H]4[C@@](O)(C(=O)OC)[C@H](OC(C)=O)[C@]7(CC)C=CCN8CC[C@]64[C@@H]87)C[C@@H]([C@@H]53)[C@H]1O2. The number of aromatic nitrogens is 1. The van der Waals surface area contributed by atoms with Crippen molar-refractivity contribution in [2.45, 2.75) is 105 Å². The molecule has 11 rings (SSSR count). The second-order valence-electron chi connectivity index (χ2n) is 18.5. The number of hydrogen-bond donors (Lipinski definition) is 1. The first-order valence-corrected chi connectivity index (χ1v) is 21.4. The summed E-state index contributed by atoms with van der Waals surface area (Å²) in [5, 5.41) is 14.5. The maximum Gasteiger partial charge on any atom is 0.344 e. The predicted molar refractivity (Wildman–Crippen MR) is 216 cm³/mol. The number of carbonyl (C=O) groups excluding carboxylic acids is 3. The molecule has 8 aliphatic rings. The molecule has 1 aromatic heterocycles. The minimum atomic E-state index is -2.28. The van der Waals surface area contributed by atoms with Crippen molar-refractivity contribution < 1.29 is 43.2 Å². The molecular weight excluding hydrogens is 753 g/mol. The third-order valence-corrected chi connectivity index (χ3v) is 16.6. The second-order valence-corrected chi connectivity index (χ2v) is 18.5. The van der Waals surface area contributed by atoms with Crippen molar-refractivity contribution in [3.05, 3.63) is 70.9 Å². The number of fused-ring (bicyclic) bond motifs is 6. The molecule has 7 aliphatic heterocycles. The number of piperidine rings is 1. The van der Waals surface area contributed by atoms with E-state index in [-0.39, 0.29) is 35.7 Å². The second kappa shape index (κ2) is 12.1. The summed E-state index contributed by atoms with van der Waals surface area (Å²) in [6, 6.07) is 11.4. The highest BCUT2D eigenvalue weighted by Gasteiger charge is 2.80. The first-order valence-electron chi connectivity index (χ1n) is 21.4. The summed E-state index contributed by atoms with van der Waals surface area (Å²) < 4.78 is 33.1. The van der Waals surface area contributed by atoms with Crippen LogP contribution >= 0.6 is 0 Å². The Balaban J connectivity index is 1.22. The quantitative estimate of drug-likeness (QED) is 0.160. The molecule has 13 nitrogen and oxygen atoms in total. The molecule has 0 unspecified atom stereocenters. The Kier molecular flexibility index (Phi) is 7.71. The van der Waals surface area contributed by atoms with Gasteiger partial charge in [0.15, 0.2) is 11.6 Å². The molecule has 2 aromatic carbocycles. The summed E-state index contributed by atoms with van der Waals surface area (Å²) in [5.74, 6) is -1.34. The van der Waals surface area contributed by atoms with Gasteiger partial charge in [0.1, 0.15) is 11.4 Å². The van der Waals surface area contributed by atoms with Crippen LogP contribution in [0.25, 0.3) is 10.9 Å². The number of anilines is 1. The standard InChI is InChI=1S/C46H54N4O9/c1-8-42-16-12-18-48-20-17-44(37(42)48)29-21-30(33(55-5)22-32(29)47(4)38(44)46(54,41(53)57-7)39(42)58-25(3)51)45(40(52)56-6)23-28-34-35-27(26-13-10-11-14-31(26)50(35)45)15-19-49(34)24-43(9-2)36(28)59-43/h10-14,16,21-22,28,34,36-39,54H,8-9,15,17-20,23-24H2,1-7H3/t28-,34-,36+,37-,38+,39+,42+,43-,44+,45-,46-/m0/s1. The highest BCUT2D eigenvalue weighted by Crippen LogP contribution is 2.69. The van der Waals surface area contributed by atoms with Gasteiger partial charge in [0.25, 0.3) is 0 Å². The minimum absolute atomic E-state index is 0.00742. The number of aliphatic hydroxyl groups is 1. The van der Waals surface area contributed by atoms with E-state index in [4.69, 9.17) is 23.7 Å². The number of ether oxygens (including phenoxy) is 5. The van der Waals surface area contributed by atoms with Crippen LogP contribution in [0.4, 0.5) is 5.69 Å². The van der Waals surface area contributed by atoms with Crippen molar-refractivity contribution in [3.8, 4) is 5.75 Å². The molecule has 8 heterocycles. The van der Waals surface area contributed by atoms with Crippen LogP contribution in [-0.4, -0.2) is 127 Å². The van der Waals surface area contributed by atoms with Gasteiger partial charge in [-0.3, -0.25) is 14.6 Å². The Labute approximate surface area is 344 Å². The molecule has 3 saturated heterocycles. The summed E-state index contributed by atoms with van der Waals surface area (Å²) >= 11 is 0. The fourth-order valence-electron chi connectivity index (χ4n) is 14.7. The third kappa shape index (κ3) is 4.14. The molecule has 0 radical (unpaired) electrons. The van der Waals surface area contributed by atoms with Gasteiger partial charge < -0.3 is 38.3 Å². The van der Waals surface area contributed by atoms with E-state index in [0.717, 1.165) is 53.8 Å². The van der Waals surface area contributed by atoms with Crippen LogP contribution in [0.1, 0.15) is 74.9 Å². The van der Waals surface area contributed by atoms with E-state index in [2.05, 4.69) is 57.7 Å². The molecule has 1 saturated carbocycles. The van der Waals surface area contributed by atoms with E-state index in [1.807, 2.05) is 31.0 Å². The van der Waals surface area contributed by atoms with Crippen molar-refractivity contribution in [2.75, 3.05) is 59.5 Å². The molecule has 1 N–H and O–H groups in total. The predicted octanol–water partition coefficient (Wildman–Crippen LogP) is 3.99. The van der Waals surface area contributed by atoms with Crippen molar-refractivity contribution in [1.82, 2.24) is 14.4 Å². The Morgan fingerprint density at radius 3 is 2.46 bits per heavy atom. The van der Waals surface area contributed by atoms with Crippen molar-refractivity contribution in [2.24, 2.45) is 11.3 Å². The molecule has 1 spiro atoms. The average molecular weight is 807 g/mol. The number of likely N-dealkylation sites (N-methyl/N-ethyl adjacent to an activating group) is 1. The number of epoxide rings is 1. The largest absolute Gasteiger partial charge is 0.496 e. The number of methoxy groups -OCH3 is 3. The minimum Gasteiger partial charge on any atom is -0.496 e. The van der Waals surface area contributed by atoms with Crippen molar-refractivity contribution in [1.29, 1.82) is 0 Å². The van der Waals surface area contributed by atoms with Gasteiger partial charge in [-0.1, -0.05) is 44.2 Å². The summed E-state index contributed by atoms with van der Waals surface area (Å²) in [5.41, 5.74) is -0.000146. The number of esters is 3. The van der Waals surface area contributed by atoms with Gasteiger partial charge in [-0.25, -0.2) is 9.59 Å². The smallest absolute Gasteiger partial charge is 0.344 e. The first-order chi connectivity index (χ1) is 28.4. The molecule has 0 bridgehead atoms. The van der Waals surface area contributed by atoms with E-state index in [0.29, 0.717) is 43.7 Å². The number of hydrogen-bond acceptors (Lipinski definition) is 12. The van der Waals surface area contributed by atoms with Gasteiger partial charge in [-0.15, -0.1) is 0 Å². The lowest BCUT2D eigenvalue weighted by Crippen LogP contribution is -2.81. The van der Waals surface area contributed by atoms with Crippen molar-refractivity contribution >= 4 is 34.5 Å². The number of para-hydroxylation sites is 1. The van der Waals surface area contributed by atoms with Crippen LogP contribution in [0.15, 0.2) is 48.6 Å². The Morgan fingerprint density at radius 1 is 0.966 bits per heavy atom. The normalized spacial score (nSPS) is 39.4. The number of benzene rings is 2. The zero-order valence-corrected chi connectivity index (χ0v) is 34.9. The Morgan fingerprint density at radius 2 is 1.75 bits per heavy atom. The lowest BCUT2D eigenvalue weighted by molar-refractivity contribution is -0.228. The fraction of sp³-hybridized carbons (Fsp3) is 0.587. The Hall–Kier alpha value is -4.43. The molecule has 59 heavy (non-hydrogen) atoms. The molecule has 4 fully saturated rings. The van der Waals surface area contributed by atoms with Gasteiger partial charge in [-0.05, 0) is 61.9 Å². The summed E-state index contributed by atoms with van der Waals surface area (Å²) in [7, 11) is 6.26. The van der Waals surface area contributed by atoms with E-state index in [1.54, 1.807) is 7.11 Å². The van der Waals surface area contributed by atoms with E-state index in [1.165, 1.54) is 26.7 Å². The van der Waals surface area contributed by atoms with Crippen molar-refractivity contribution in [3.63, 3.8) is 0 Å². The van der Waals surface area contributed by atoms with Gasteiger partial charge in [-0.2, -0.15) is 0 Å². The van der Waals surface area contributed by atoms with Crippen LogP contribution in [-0.2, 0) is 50.7 Å².